The van der Waals surface area contributed by atoms with Crippen molar-refractivity contribution in [2.24, 2.45) is 0 Å². The van der Waals surface area contributed by atoms with Crippen LogP contribution < -0.4 is 10.5 Å². The van der Waals surface area contributed by atoms with E-state index in [2.05, 4.69) is 0 Å². The van der Waals surface area contributed by atoms with Gasteiger partial charge in [-0.2, -0.15) is 13.2 Å². The topological polar surface area (TPSA) is 35.2 Å². The zero-order valence-electron chi connectivity index (χ0n) is 8.73. The first-order valence-electron chi connectivity index (χ1n) is 4.51. The summed E-state index contributed by atoms with van der Waals surface area (Å²) < 4.78 is 41.6. The third kappa shape index (κ3) is 2.95. The maximum atomic E-state index is 12.3. The molecule has 2 nitrogen and oxygen atoms in total. The first kappa shape index (κ1) is 13.0. The molecule has 0 radical (unpaired) electrons. The van der Waals surface area contributed by atoms with Gasteiger partial charge < -0.3 is 10.5 Å². The van der Waals surface area contributed by atoms with Crippen molar-refractivity contribution < 1.29 is 17.9 Å². The Balaban J connectivity index is 2.94. The van der Waals surface area contributed by atoms with E-state index in [0.717, 1.165) is 6.92 Å². The van der Waals surface area contributed by atoms with Crippen molar-refractivity contribution in [3.63, 3.8) is 0 Å². The third-order valence-electron chi connectivity index (χ3n) is 2.06. The normalized spacial score (nSPS) is 13.6. The molecule has 0 heterocycles. The van der Waals surface area contributed by atoms with Crippen LogP contribution in [-0.4, -0.2) is 12.3 Å². The van der Waals surface area contributed by atoms with Crippen LogP contribution in [0.3, 0.4) is 0 Å². The number of anilines is 1. The highest BCUT2D eigenvalue weighted by molar-refractivity contribution is 6.33. The zero-order valence-corrected chi connectivity index (χ0v) is 9.49. The van der Waals surface area contributed by atoms with Crippen LogP contribution in [0.5, 0.6) is 5.75 Å². The van der Waals surface area contributed by atoms with Gasteiger partial charge in [-0.1, -0.05) is 11.6 Å². The Morgan fingerprint density at radius 1 is 1.38 bits per heavy atom. The molecule has 0 bridgehead atoms. The van der Waals surface area contributed by atoms with Gasteiger partial charge in [-0.25, -0.2) is 0 Å². The van der Waals surface area contributed by atoms with Crippen molar-refractivity contribution in [1.82, 2.24) is 0 Å². The minimum Gasteiger partial charge on any atom is -0.481 e. The lowest BCUT2D eigenvalue weighted by Crippen LogP contribution is -2.31. The lowest BCUT2D eigenvalue weighted by Gasteiger charge is -2.19. The molecule has 90 valence electrons. The molecule has 0 aliphatic heterocycles. The van der Waals surface area contributed by atoms with Crippen LogP contribution in [0.2, 0.25) is 5.02 Å². The molecular formula is C10H11ClF3NO. The first-order chi connectivity index (χ1) is 7.21. The molecule has 0 saturated heterocycles. The molecular weight excluding hydrogens is 243 g/mol. The number of ether oxygens (including phenoxy) is 1. The Morgan fingerprint density at radius 3 is 2.44 bits per heavy atom. The van der Waals surface area contributed by atoms with Crippen molar-refractivity contribution >= 4 is 17.3 Å². The lowest BCUT2D eigenvalue weighted by molar-refractivity contribution is -0.189. The molecule has 0 aromatic heterocycles. The minimum absolute atomic E-state index is 0.0871. The Bertz CT molecular complexity index is 392. The molecule has 0 saturated carbocycles. The van der Waals surface area contributed by atoms with Crippen LogP contribution in [0.4, 0.5) is 18.9 Å². The minimum atomic E-state index is -4.40. The average molecular weight is 254 g/mol. The number of aryl methyl sites for hydroxylation is 1. The summed E-state index contributed by atoms with van der Waals surface area (Å²) in [6.45, 7) is 2.54. The summed E-state index contributed by atoms with van der Waals surface area (Å²) in [7, 11) is 0. The lowest BCUT2D eigenvalue weighted by atomic mass is 10.2. The average Bonchev–Trinajstić information content (AvgIpc) is 2.12. The Morgan fingerprint density at radius 2 is 1.94 bits per heavy atom. The highest BCUT2D eigenvalue weighted by Crippen LogP contribution is 2.31. The summed E-state index contributed by atoms with van der Waals surface area (Å²) in [4.78, 5) is 0. The molecule has 2 N–H and O–H groups in total. The number of rotatable bonds is 2. The molecule has 1 rings (SSSR count). The fourth-order valence-corrected chi connectivity index (χ4v) is 1.22. The van der Waals surface area contributed by atoms with Gasteiger partial charge in [-0.3, -0.25) is 0 Å². The smallest absolute Gasteiger partial charge is 0.425 e. The number of alkyl halides is 3. The van der Waals surface area contributed by atoms with E-state index < -0.39 is 12.3 Å². The van der Waals surface area contributed by atoms with Crippen molar-refractivity contribution in [2.75, 3.05) is 5.73 Å². The first-order valence-corrected chi connectivity index (χ1v) is 4.88. The molecule has 16 heavy (non-hydrogen) atoms. The molecule has 0 aliphatic carbocycles. The second-order valence-electron chi connectivity index (χ2n) is 3.44. The highest BCUT2D eigenvalue weighted by atomic mass is 35.5. The molecule has 6 heteroatoms. The standard InChI is InChI=1S/C10H11ClF3NO/c1-5-3-8(15)7(11)4-9(5)16-6(2)10(12,13)14/h3-4,6H,15H2,1-2H3. The number of hydrogen-bond donors (Lipinski definition) is 1. The Kier molecular flexibility index (Phi) is 3.57. The molecule has 1 aromatic carbocycles. The SMILES string of the molecule is Cc1cc(N)c(Cl)cc1OC(C)C(F)(F)F. The van der Waals surface area contributed by atoms with Crippen LogP contribution in [0.15, 0.2) is 12.1 Å². The van der Waals surface area contributed by atoms with Gasteiger partial charge in [0.05, 0.1) is 10.7 Å². The van der Waals surface area contributed by atoms with Gasteiger partial charge in [0.1, 0.15) is 5.75 Å². The summed E-state index contributed by atoms with van der Waals surface area (Å²) in [5.41, 5.74) is 6.32. The summed E-state index contributed by atoms with van der Waals surface area (Å²) in [5.74, 6) is 0.0871. The van der Waals surface area contributed by atoms with E-state index in [1.165, 1.54) is 12.1 Å². The van der Waals surface area contributed by atoms with E-state index in [4.69, 9.17) is 22.1 Å². The maximum Gasteiger partial charge on any atom is 0.425 e. The van der Waals surface area contributed by atoms with Crippen molar-refractivity contribution in [3.05, 3.63) is 22.7 Å². The van der Waals surface area contributed by atoms with Crippen LogP contribution in [-0.2, 0) is 0 Å². The van der Waals surface area contributed by atoms with Gasteiger partial charge in [0.15, 0.2) is 6.10 Å². The monoisotopic (exact) mass is 253 g/mol. The third-order valence-corrected chi connectivity index (χ3v) is 2.39. The number of halogens is 4. The summed E-state index contributed by atoms with van der Waals surface area (Å²) >= 11 is 5.70. The Labute approximate surface area is 96.1 Å². The highest BCUT2D eigenvalue weighted by Gasteiger charge is 2.38. The van der Waals surface area contributed by atoms with Crippen LogP contribution in [0.1, 0.15) is 12.5 Å². The van der Waals surface area contributed by atoms with Crippen molar-refractivity contribution in [2.45, 2.75) is 26.1 Å². The van der Waals surface area contributed by atoms with E-state index >= 15 is 0 Å². The fraction of sp³-hybridized carbons (Fsp3) is 0.400. The van der Waals surface area contributed by atoms with Gasteiger partial charge in [0, 0.05) is 6.07 Å². The summed E-state index contributed by atoms with van der Waals surface area (Å²) in [6.07, 6.45) is -6.29. The predicted molar refractivity (Wildman–Crippen MR) is 56.7 cm³/mol. The van der Waals surface area contributed by atoms with Gasteiger partial charge in [0.25, 0.3) is 0 Å². The Hall–Kier alpha value is -1.10. The van der Waals surface area contributed by atoms with E-state index in [-0.39, 0.29) is 10.8 Å². The molecule has 0 aliphatic rings. The van der Waals surface area contributed by atoms with E-state index in [1.54, 1.807) is 6.92 Å². The molecule has 0 spiro atoms. The molecule has 0 fully saturated rings. The molecule has 1 atom stereocenters. The molecule has 1 aromatic rings. The fourth-order valence-electron chi connectivity index (χ4n) is 1.07. The second kappa shape index (κ2) is 4.41. The van der Waals surface area contributed by atoms with Gasteiger partial charge >= 0.3 is 6.18 Å². The van der Waals surface area contributed by atoms with E-state index in [0.29, 0.717) is 11.3 Å². The van der Waals surface area contributed by atoms with Crippen LogP contribution in [0, 0.1) is 6.92 Å². The van der Waals surface area contributed by atoms with Crippen LogP contribution in [0.25, 0.3) is 0 Å². The van der Waals surface area contributed by atoms with Crippen molar-refractivity contribution in [3.8, 4) is 5.75 Å². The maximum absolute atomic E-state index is 12.3. The second-order valence-corrected chi connectivity index (χ2v) is 3.85. The van der Waals surface area contributed by atoms with Gasteiger partial charge in [0.2, 0.25) is 0 Å². The quantitative estimate of drug-likeness (QED) is 0.818. The molecule has 1 unspecified atom stereocenters. The van der Waals surface area contributed by atoms with Crippen LogP contribution >= 0.6 is 11.6 Å². The predicted octanol–water partition coefficient (Wildman–Crippen LogP) is 3.56. The number of benzene rings is 1. The van der Waals surface area contributed by atoms with E-state index in [1.807, 2.05) is 0 Å². The van der Waals surface area contributed by atoms with E-state index in [9.17, 15) is 13.2 Å². The van der Waals surface area contributed by atoms with Crippen molar-refractivity contribution in [1.29, 1.82) is 0 Å². The largest absolute Gasteiger partial charge is 0.481 e. The van der Waals surface area contributed by atoms with Gasteiger partial charge in [-0.15, -0.1) is 0 Å². The molecule has 0 amide bonds. The van der Waals surface area contributed by atoms with Gasteiger partial charge in [-0.05, 0) is 25.5 Å². The zero-order chi connectivity index (χ0) is 12.5. The number of nitrogens with two attached hydrogens (primary N) is 1. The number of nitrogen functional groups attached to an aromatic ring is 1. The number of hydrogen-bond acceptors (Lipinski definition) is 2. The summed E-state index contributed by atoms with van der Waals surface area (Å²) in [6, 6.07) is 2.76. The summed E-state index contributed by atoms with van der Waals surface area (Å²) in [5, 5.41) is 0.176.